The van der Waals surface area contributed by atoms with Crippen molar-refractivity contribution in [1.82, 2.24) is 15.5 Å². The van der Waals surface area contributed by atoms with Crippen molar-refractivity contribution in [2.75, 3.05) is 24.5 Å². The Morgan fingerprint density at radius 3 is 2.74 bits per heavy atom. The van der Waals surface area contributed by atoms with Gasteiger partial charge in [-0.15, -0.1) is 5.10 Å². The van der Waals surface area contributed by atoms with Gasteiger partial charge in [0.15, 0.2) is 5.82 Å². The molecule has 4 nitrogen and oxygen atoms in total. The fraction of sp³-hybridized carbons (Fsp3) is 0.733. The molecule has 0 aromatic carbocycles. The number of hydrogen-bond acceptors (Lipinski definition) is 4. The van der Waals surface area contributed by atoms with E-state index in [4.69, 9.17) is 0 Å². The van der Waals surface area contributed by atoms with Gasteiger partial charge in [0.1, 0.15) is 0 Å². The lowest BCUT2D eigenvalue weighted by atomic mass is 9.96. The van der Waals surface area contributed by atoms with Gasteiger partial charge in [0, 0.05) is 25.2 Å². The number of aromatic nitrogens is 2. The van der Waals surface area contributed by atoms with Crippen LogP contribution in [0.2, 0.25) is 0 Å². The molecule has 1 atom stereocenters. The lowest BCUT2D eigenvalue weighted by molar-refractivity contribution is 0.334. The molecule has 4 heteroatoms. The molecule has 0 bridgehead atoms. The van der Waals surface area contributed by atoms with Crippen LogP contribution >= 0.6 is 0 Å². The third-order valence-electron chi connectivity index (χ3n) is 3.55. The molecule has 0 saturated carbocycles. The van der Waals surface area contributed by atoms with Gasteiger partial charge in [-0.2, -0.15) is 5.10 Å². The average molecular weight is 262 g/mol. The summed E-state index contributed by atoms with van der Waals surface area (Å²) < 4.78 is 0. The molecule has 1 N–H and O–H groups in total. The quantitative estimate of drug-likeness (QED) is 0.908. The number of piperidine rings is 1. The Balaban J connectivity index is 1.91. The third-order valence-corrected chi connectivity index (χ3v) is 3.55. The van der Waals surface area contributed by atoms with Gasteiger partial charge in [-0.05, 0) is 58.6 Å². The monoisotopic (exact) mass is 262 g/mol. The first-order valence-corrected chi connectivity index (χ1v) is 7.24. The standard InChI is InChI=1S/C15H26N4/c1-12-7-8-14(18-17-12)19-9-5-6-13(11-19)10-16-15(2,3)4/h7-8,13,16H,5-6,9-11H2,1-4H3. The van der Waals surface area contributed by atoms with Gasteiger partial charge in [0.05, 0.1) is 5.69 Å². The Bertz CT molecular complexity index is 394. The van der Waals surface area contributed by atoms with Crippen molar-refractivity contribution in [3.05, 3.63) is 17.8 Å². The highest BCUT2D eigenvalue weighted by Crippen LogP contribution is 2.21. The van der Waals surface area contributed by atoms with E-state index in [9.17, 15) is 0 Å². The van der Waals surface area contributed by atoms with Crippen molar-refractivity contribution in [2.24, 2.45) is 5.92 Å². The summed E-state index contributed by atoms with van der Waals surface area (Å²) in [5.74, 6) is 1.72. The zero-order valence-corrected chi connectivity index (χ0v) is 12.6. The van der Waals surface area contributed by atoms with E-state index in [1.807, 2.05) is 13.0 Å². The minimum Gasteiger partial charge on any atom is -0.355 e. The van der Waals surface area contributed by atoms with E-state index in [2.05, 4.69) is 47.3 Å². The molecular weight excluding hydrogens is 236 g/mol. The maximum Gasteiger partial charge on any atom is 0.151 e. The van der Waals surface area contributed by atoms with Crippen LogP contribution in [0, 0.1) is 12.8 Å². The van der Waals surface area contributed by atoms with E-state index in [0.717, 1.165) is 31.1 Å². The van der Waals surface area contributed by atoms with Crippen molar-refractivity contribution >= 4 is 5.82 Å². The SMILES string of the molecule is Cc1ccc(N2CCCC(CNC(C)(C)C)C2)nn1. The van der Waals surface area contributed by atoms with Crippen molar-refractivity contribution < 1.29 is 0 Å². The maximum atomic E-state index is 4.30. The Hall–Kier alpha value is -1.16. The molecule has 1 unspecified atom stereocenters. The van der Waals surface area contributed by atoms with Crippen LogP contribution in [0.5, 0.6) is 0 Å². The fourth-order valence-electron chi connectivity index (χ4n) is 2.45. The highest BCUT2D eigenvalue weighted by molar-refractivity contribution is 5.37. The maximum absolute atomic E-state index is 4.30. The van der Waals surface area contributed by atoms with Crippen LogP contribution in [0.4, 0.5) is 5.82 Å². The summed E-state index contributed by atoms with van der Waals surface area (Å²) in [6.45, 7) is 11.9. The second kappa shape index (κ2) is 5.87. The summed E-state index contributed by atoms with van der Waals surface area (Å²) in [4.78, 5) is 2.37. The van der Waals surface area contributed by atoms with Crippen LogP contribution < -0.4 is 10.2 Å². The zero-order chi connectivity index (χ0) is 13.9. The molecule has 0 spiro atoms. The number of anilines is 1. The lowest BCUT2D eigenvalue weighted by Gasteiger charge is -2.35. The minimum absolute atomic E-state index is 0.200. The van der Waals surface area contributed by atoms with Crippen LogP contribution in [-0.4, -0.2) is 35.4 Å². The largest absolute Gasteiger partial charge is 0.355 e. The van der Waals surface area contributed by atoms with Crippen molar-refractivity contribution in [3.63, 3.8) is 0 Å². The summed E-state index contributed by atoms with van der Waals surface area (Å²) in [5.41, 5.74) is 1.18. The van der Waals surface area contributed by atoms with E-state index >= 15 is 0 Å². The third kappa shape index (κ3) is 4.46. The molecule has 2 rings (SSSR count). The summed E-state index contributed by atoms with van der Waals surface area (Å²) in [7, 11) is 0. The topological polar surface area (TPSA) is 41.0 Å². The van der Waals surface area contributed by atoms with Gasteiger partial charge < -0.3 is 10.2 Å². The van der Waals surface area contributed by atoms with Gasteiger partial charge in [0.2, 0.25) is 0 Å². The number of nitrogens with one attached hydrogen (secondary N) is 1. The van der Waals surface area contributed by atoms with Gasteiger partial charge in [-0.1, -0.05) is 0 Å². The van der Waals surface area contributed by atoms with Crippen LogP contribution in [0.1, 0.15) is 39.3 Å². The zero-order valence-electron chi connectivity index (χ0n) is 12.6. The molecule has 19 heavy (non-hydrogen) atoms. The first-order valence-electron chi connectivity index (χ1n) is 7.24. The van der Waals surface area contributed by atoms with Crippen molar-refractivity contribution in [1.29, 1.82) is 0 Å². The molecule has 1 aliphatic rings. The normalized spacial score (nSPS) is 20.6. The number of hydrogen-bond donors (Lipinski definition) is 1. The molecule has 0 radical (unpaired) electrons. The molecule has 0 amide bonds. The van der Waals surface area contributed by atoms with Gasteiger partial charge in [0.25, 0.3) is 0 Å². The molecule has 2 heterocycles. The summed E-state index contributed by atoms with van der Waals surface area (Å²) in [6, 6.07) is 4.13. The van der Waals surface area contributed by atoms with Gasteiger partial charge in [-0.25, -0.2) is 0 Å². The number of nitrogens with zero attached hydrogens (tertiary/aromatic N) is 3. The average Bonchev–Trinajstić information content (AvgIpc) is 2.37. The highest BCUT2D eigenvalue weighted by Gasteiger charge is 2.22. The van der Waals surface area contributed by atoms with Crippen molar-refractivity contribution in [2.45, 2.75) is 46.1 Å². The van der Waals surface area contributed by atoms with Gasteiger partial charge >= 0.3 is 0 Å². The predicted octanol–water partition coefficient (Wildman–Crippen LogP) is 2.39. The van der Waals surface area contributed by atoms with E-state index in [0.29, 0.717) is 5.92 Å². The Kier molecular flexibility index (Phi) is 4.40. The van der Waals surface area contributed by atoms with E-state index < -0.39 is 0 Å². The van der Waals surface area contributed by atoms with E-state index in [1.165, 1.54) is 12.8 Å². The van der Waals surface area contributed by atoms with E-state index in [1.54, 1.807) is 0 Å². The Labute approximate surface area is 116 Å². The first-order chi connectivity index (χ1) is 8.94. The van der Waals surface area contributed by atoms with Crippen molar-refractivity contribution in [3.8, 4) is 0 Å². The first kappa shape index (κ1) is 14.3. The smallest absolute Gasteiger partial charge is 0.151 e. The second-order valence-electron chi connectivity index (χ2n) is 6.62. The molecule has 1 aromatic heterocycles. The number of rotatable bonds is 3. The van der Waals surface area contributed by atoms with Crippen LogP contribution in [0.25, 0.3) is 0 Å². The Morgan fingerprint density at radius 2 is 2.11 bits per heavy atom. The molecule has 1 saturated heterocycles. The lowest BCUT2D eigenvalue weighted by Crippen LogP contribution is -2.44. The fourth-order valence-corrected chi connectivity index (χ4v) is 2.45. The van der Waals surface area contributed by atoms with Crippen LogP contribution in [-0.2, 0) is 0 Å². The predicted molar refractivity (Wildman–Crippen MR) is 79.5 cm³/mol. The Morgan fingerprint density at radius 1 is 1.32 bits per heavy atom. The second-order valence-corrected chi connectivity index (χ2v) is 6.62. The number of aryl methyl sites for hydroxylation is 1. The minimum atomic E-state index is 0.200. The van der Waals surface area contributed by atoms with Crippen LogP contribution in [0.15, 0.2) is 12.1 Å². The van der Waals surface area contributed by atoms with Gasteiger partial charge in [-0.3, -0.25) is 0 Å². The molecule has 1 aromatic rings. The van der Waals surface area contributed by atoms with E-state index in [-0.39, 0.29) is 5.54 Å². The molecule has 0 aliphatic carbocycles. The highest BCUT2D eigenvalue weighted by atomic mass is 15.3. The summed E-state index contributed by atoms with van der Waals surface area (Å²) >= 11 is 0. The molecule has 1 aliphatic heterocycles. The summed E-state index contributed by atoms with van der Waals surface area (Å²) in [6.07, 6.45) is 2.55. The molecule has 1 fully saturated rings. The van der Waals surface area contributed by atoms with Crippen LogP contribution in [0.3, 0.4) is 0 Å². The molecule has 106 valence electrons. The summed E-state index contributed by atoms with van der Waals surface area (Å²) in [5, 5.41) is 12.1. The molecular formula is C15H26N4.